The minimum atomic E-state index is -0.940. The second-order valence-electron chi connectivity index (χ2n) is 7.71. The second kappa shape index (κ2) is 10.6. The molecule has 2 aromatic carbocycles. The number of aromatic carboxylic acids is 1. The van der Waals surface area contributed by atoms with E-state index in [9.17, 15) is 14.7 Å². The van der Waals surface area contributed by atoms with Crippen molar-refractivity contribution >= 4 is 5.97 Å². The van der Waals surface area contributed by atoms with Crippen LogP contribution in [-0.2, 0) is 19.5 Å². The number of aryl methyl sites for hydroxylation is 1. The molecular formula is C26H30N2O3. The van der Waals surface area contributed by atoms with Gasteiger partial charge in [0.15, 0.2) is 0 Å². The SMILES string of the molecule is CC=CCc1cn(CCCCC)c(=O)n1Cc1ccc(-c2ccccc2C(=O)O)cc1. The van der Waals surface area contributed by atoms with Crippen LogP contribution in [-0.4, -0.2) is 20.2 Å². The standard InChI is InChI=1S/C26H30N2O3/c1-3-5-9-17-27-19-22(10-6-4-2)28(26(27)31)18-20-13-15-21(16-14-20)23-11-7-8-12-24(23)25(29)30/h4,6-8,11-16,19H,3,5,9-10,17-18H2,1-2H3,(H,29,30). The van der Waals surface area contributed by atoms with Crippen molar-refractivity contribution in [2.24, 2.45) is 0 Å². The van der Waals surface area contributed by atoms with Crippen LogP contribution in [0.1, 0.15) is 54.7 Å². The van der Waals surface area contributed by atoms with E-state index in [1.54, 1.807) is 12.1 Å². The molecule has 0 unspecified atom stereocenters. The Balaban J connectivity index is 1.87. The predicted octanol–water partition coefficient (Wildman–Crippen LogP) is 5.37. The summed E-state index contributed by atoms with van der Waals surface area (Å²) in [6.07, 6.45) is 10.00. The van der Waals surface area contributed by atoms with Crippen LogP contribution in [0, 0.1) is 0 Å². The highest BCUT2D eigenvalue weighted by molar-refractivity contribution is 5.95. The molecule has 3 aromatic rings. The number of rotatable bonds is 10. The third-order valence-electron chi connectivity index (χ3n) is 5.46. The van der Waals surface area contributed by atoms with Gasteiger partial charge in [-0.05, 0) is 36.1 Å². The summed E-state index contributed by atoms with van der Waals surface area (Å²) in [5.74, 6) is -0.940. The molecule has 5 heteroatoms. The zero-order valence-corrected chi connectivity index (χ0v) is 18.3. The summed E-state index contributed by atoms with van der Waals surface area (Å²) in [7, 11) is 0. The van der Waals surface area contributed by atoms with Crippen LogP contribution in [0.4, 0.5) is 0 Å². The number of carbonyl (C=O) groups is 1. The normalized spacial score (nSPS) is 11.3. The Bertz CT molecular complexity index is 1100. The lowest BCUT2D eigenvalue weighted by Crippen LogP contribution is -2.25. The molecule has 162 valence electrons. The molecule has 3 rings (SSSR count). The predicted molar refractivity (Wildman–Crippen MR) is 125 cm³/mol. The van der Waals surface area contributed by atoms with E-state index in [1.807, 2.05) is 64.7 Å². The van der Waals surface area contributed by atoms with E-state index in [0.717, 1.165) is 49.0 Å². The molecule has 0 fully saturated rings. The molecule has 1 N–H and O–H groups in total. The lowest BCUT2D eigenvalue weighted by atomic mass is 9.99. The second-order valence-corrected chi connectivity index (χ2v) is 7.71. The third kappa shape index (κ3) is 5.43. The quantitative estimate of drug-likeness (QED) is 0.355. The van der Waals surface area contributed by atoms with Gasteiger partial charge in [-0.3, -0.25) is 9.13 Å². The maximum atomic E-state index is 13.0. The van der Waals surface area contributed by atoms with Crippen molar-refractivity contribution in [1.29, 1.82) is 0 Å². The van der Waals surface area contributed by atoms with Gasteiger partial charge in [0.05, 0.1) is 12.1 Å². The summed E-state index contributed by atoms with van der Waals surface area (Å²) in [4.78, 5) is 24.5. The molecule has 0 amide bonds. The maximum absolute atomic E-state index is 13.0. The van der Waals surface area contributed by atoms with Gasteiger partial charge in [0.2, 0.25) is 0 Å². The molecule has 31 heavy (non-hydrogen) atoms. The topological polar surface area (TPSA) is 64.2 Å². The van der Waals surface area contributed by atoms with Crippen LogP contribution in [0.3, 0.4) is 0 Å². The molecule has 0 atom stereocenters. The summed E-state index contributed by atoms with van der Waals surface area (Å²) in [5, 5.41) is 9.44. The van der Waals surface area contributed by atoms with Gasteiger partial charge in [-0.2, -0.15) is 0 Å². The van der Waals surface area contributed by atoms with E-state index >= 15 is 0 Å². The lowest BCUT2D eigenvalue weighted by Gasteiger charge is -2.09. The summed E-state index contributed by atoms with van der Waals surface area (Å²) in [5.41, 5.74) is 3.85. The highest BCUT2D eigenvalue weighted by Crippen LogP contribution is 2.24. The average molecular weight is 419 g/mol. The van der Waals surface area contributed by atoms with Crippen molar-refractivity contribution in [3.63, 3.8) is 0 Å². The molecule has 0 aliphatic heterocycles. The van der Waals surface area contributed by atoms with Crippen LogP contribution in [0.5, 0.6) is 0 Å². The molecule has 0 aliphatic carbocycles. The Kier molecular flexibility index (Phi) is 7.65. The average Bonchev–Trinajstić information content (AvgIpc) is 3.07. The summed E-state index contributed by atoms with van der Waals surface area (Å²) >= 11 is 0. The first-order valence-electron chi connectivity index (χ1n) is 10.9. The van der Waals surface area contributed by atoms with Crippen LogP contribution in [0.25, 0.3) is 11.1 Å². The van der Waals surface area contributed by atoms with E-state index in [2.05, 4.69) is 13.0 Å². The highest BCUT2D eigenvalue weighted by atomic mass is 16.4. The van der Waals surface area contributed by atoms with E-state index in [1.165, 1.54) is 0 Å². The highest BCUT2D eigenvalue weighted by Gasteiger charge is 2.13. The van der Waals surface area contributed by atoms with Crippen LogP contribution in [0.15, 0.2) is 71.7 Å². The Morgan fingerprint density at radius 3 is 2.48 bits per heavy atom. The number of allylic oxidation sites excluding steroid dienone is 2. The molecule has 5 nitrogen and oxygen atoms in total. The number of benzene rings is 2. The van der Waals surface area contributed by atoms with Crippen LogP contribution in [0.2, 0.25) is 0 Å². The van der Waals surface area contributed by atoms with Gasteiger partial charge in [0.1, 0.15) is 0 Å². The molecule has 0 aliphatic rings. The Labute approximate surface area is 183 Å². The molecule has 0 saturated carbocycles. The molecule has 1 aromatic heterocycles. The minimum Gasteiger partial charge on any atom is -0.478 e. The summed E-state index contributed by atoms with van der Waals surface area (Å²) < 4.78 is 3.66. The number of carboxylic acids is 1. The van der Waals surface area contributed by atoms with Gasteiger partial charge >= 0.3 is 11.7 Å². The first-order chi connectivity index (χ1) is 15.0. The van der Waals surface area contributed by atoms with Crippen LogP contribution >= 0.6 is 0 Å². The minimum absolute atomic E-state index is 0.0240. The molecule has 0 saturated heterocycles. The molecule has 0 bridgehead atoms. The van der Waals surface area contributed by atoms with Crippen molar-refractivity contribution in [2.75, 3.05) is 0 Å². The number of imidazole rings is 1. The summed E-state index contributed by atoms with van der Waals surface area (Å²) in [6.45, 7) is 5.37. The third-order valence-corrected chi connectivity index (χ3v) is 5.46. The van der Waals surface area contributed by atoms with Gasteiger partial charge in [-0.1, -0.05) is 74.4 Å². The number of carboxylic acid groups (broad SMARTS) is 1. The number of nitrogens with zero attached hydrogens (tertiary/aromatic N) is 2. The molecule has 0 radical (unpaired) electrons. The Morgan fingerprint density at radius 2 is 1.81 bits per heavy atom. The summed E-state index contributed by atoms with van der Waals surface area (Å²) in [6, 6.07) is 14.8. The fraction of sp³-hybridized carbons (Fsp3) is 0.308. The Morgan fingerprint density at radius 1 is 1.06 bits per heavy atom. The van der Waals surface area contributed by atoms with Crippen LogP contribution < -0.4 is 5.69 Å². The van der Waals surface area contributed by atoms with Crippen molar-refractivity contribution < 1.29 is 9.90 Å². The first-order valence-corrected chi connectivity index (χ1v) is 10.9. The van der Waals surface area contributed by atoms with E-state index in [0.29, 0.717) is 12.1 Å². The zero-order chi connectivity index (χ0) is 22.2. The fourth-order valence-electron chi connectivity index (χ4n) is 3.74. The van der Waals surface area contributed by atoms with Gasteiger partial charge in [-0.15, -0.1) is 0 Å². The van der Waals surface area contributed by atoms with Crippen molar-refractivity contribution in [3.05, 3.63) is 94.2 Å². The van der Waals surface area contributed by atoms with Crippen molar-refractivity contribution in [2.45, 2.75) is 52.6 Å². The zero-order valence-electron chi connectivity index (χ0n) is 18.3. The van der Waals surface area contributed by atoms with Crippen molar-refractivity contribution in [1.82, 2.24) is 9.13 Å². The molecular weight excluding hydrogens is 388 g/mol. The number of unbranched alkanes of at least 4 members (excludes halogenated alkanes) is 2. The lowest BCUT2D eigenvalue weighted by molar-refractivity contribution is 0.0697. The van der Waals surface area contributed by atoms with Gasteiger partial charge in [-0.25, -0.2) is 9.59 Å². The smallest absolute Gasteiger partial charge is 0.336 e. The van der Waals surface area contributed by atoms with E-state index in [4.69, 9.17) is 0 Å². The first kappa shape index (κ1) is 22.3. The number of aromatic nitrogens is 2. The van der Waals surface area contributed by atoms with Crippen molar-refractivity contribution in [3.8, 4) is 11.1 Å². The number of hydrogen-bond donors (Lipinski definition) is 1. The number of hydrogen-bond acceptors (Lipinski definition) is 2. The van der Waals surface area contributed by atoms with Gasteiger partial charge in [0.25, 0.3) is 0 Å². The monoisotopic (exact) mass is 418 g/mol. The van der Waals surface area contributed by atoms with Gasteiger partial charge < -0.3 is 5.11 Å². The largest absolute Gasteiger partial charge is 0.478 e. The molecule has 0 spiro atoms. The molecule has 1 heterocycles. The van der Waals surface area contributed by atoms with E-state index < -0.39 is 5.97 Å². The fourth-order valence-corrected chi connectivity index (χ4v) is 3.74. The van der Waals surface area contributed by atoms with Gasteiger partial charge in [0, 0.05) is 24.9 Å². The van der Waals surface area contributed by atoms with E-state index in [-0.39, 0.29) is 11.3 Å². The Hall–Kier alpha value is -3.34. The maximum Gasteiger partial charge on any atom is 0.336 e.